The summed E-state index contributed by atoms with van der Waals surface area (Å²) in [5.74, 6) is 0.307. The first-order valence-electron chi connectivity index (χ1n) is 8.25. The van der Waals surface area contributed by atoms with E-state index in [0.29, 0.717) is 5.75 Å². The van der Waals surface area contributed by atoms with Gasteiger partial charge in [0.2, 0.25) is 0 Å². The number of benzene rings is 1. The molecule has 2 aromatic rings. The van der Waals surface area contributed by atoms with Gasteiger partial charge in [0.15, 0.2) is 5.60 Å². The number of ether oxygens (including phenoxy) is 1. The zero-order chi connectivity index (χ0) is 18.0. The van der Waals surface area contributed by atoms with Gasteiger partial charge in [-0.25, -0.2) is 4.79 Å². The molecule has 0 spiro atoms. The molecular formula is C18H21N3O4. The molecule has 1 aliphatic carbocycles. The first-order chi connectivity index (χ1) is 11.8. The first kappa shape index (κ1) is 17.0. The van der Waals surface area contributed by atoms with Crippen LogP contribution in [-0.4, -0.2) is 21.5 Å². The van der Waals surface area contributed by atoms with Crippen LogP contribution < -0.4 is 21.3 Å². The highest BCUT2D eigenvalue weighted by Gasteiger charge is 2.30. The van der Waals surface area contributed by atoms with Gasteiger partial charge in [-0.15, -0.1) is 0 Å². The van der Waals surface area contributed by atoms with E-state index in [1.165, 1.54) is 17.3 Å². The second-order valence-electron chi connectivity index (χ2n) is 6.68. The molecule has 0 radical (unpaired) electrons. The van der Waals surface area contributed by atoms with Crippen LogP contribution in [0, 0.1) is 0 Å². The van der Waals surface area contributed by atoms with Crippen molar-refractivity contribution in [1.29, 1.82) is 0 Å². The average Bonchev–Trinajstić information content (AvgIpc) is 3.01. The molecule has 3 rings (SSSR count). The summed E-state index contributed by atoms with van der Waals surface area (Å²) in [6.45, 7) is 3.35. The Morgan fingerprint density at radius 3 is 2.76 bits per heavy atom. The van der Waals surface area contributed by atoms with Gasteiger partial charge in [-0.05, 0) is 56.4 Å². The minimum Gasteiger partial charge on any atom is -0.478 e. The molecule has 132 valence electrons. The lowest BCUT2D eigenvalue weighted by Crippen LogP contribution is -2.46. The SMILES string of the molecule is CC(C)(Oc1ccc2c(c1)CCC2)C(=O)NCc1c[nH]c(=O)[nH]c1=O. The summed E-state index contributed by atoms with van der Waals surface area (Å²) in [7, 11) is 0. The smallest absolute Gasteiger partial charge is 0.325 e. The topological polar surface area (TPSA) is 104 Å². The number of nitrogens with one attached hydrogen (secondary N) is 3. The maximum Gasteiger partial charge on any atom is 0.325 e. The molecule has 1 aliphatic rings. The minimum absolute atomic E-state index is 0.00191. The molecule has 0 bridgehead atoms. The van der Waals surface area contributed by atoms with Gasteiger partial charge in [0.1, 0.15) is 5.75 Å². The number of carbonyl (C=O) groups is 1. The van der Waals surface area contributed by atoms with Gasteiger partial charge in [-0.3, -0.25) is 14.6 Å². The van der Waals surface area contributed by atoms with E-state index in [2.05, 4.69) is 15.3 Å². The van der Waals surface area contributed by atoms with Crippen LogP contribution in [0.4, 0.5) is 0 Å². The van der Waals surface area contributed by atoms with E-state index < -0.39 is 16.9 Å². The van der Waals surface area contributed by atoms with Gasteiger partial charge in [-0.1, -0.05) is 6.07 Å². The largest absolute Gasteiger partial charge is 0.478 e. The Kier molecular flexibility index (Phi) is 4.48. The maximum absolute atomic E-state index is 12.4. The summed E-state index contributed by atoms with van der Waals surface area (Å²) in [6.07, 6.45) is 4.56. The van der Waals surface area contributed by atoms with Crippen LogP contribution in [0.5, 0.6) is 5.75 Å². The van der Waals surface area contributed by atoms with Crippen molar-refractivity contribution in [2.45, 2.75) is 45.3 Å². The zero-order valence-electron chi connectivity index (χ0n) is 14.3. The van der Waals surface area contributed by atoms with Crippen molar-refractivity contribution < 1.29 is 9.53 Å². The van der Waals surface area contributed by atoms with Gasteiger partial charge in [0, 0.05) is 12.7 Å². The van der Waals surface area contributed by atoms with Crippen LogP contribution >= 0.6 is 0 Å². The number of carbonyl (C=O) groups excluding carboxylic acids is 1. The van der Waals surface area contributed by atoms with Crippen molar-refractivity contribution in [2.75, 3.05) is 0 Å². The third-order valence-corrected chi connectivity index (χ3v) is 4.33. The van der Waals surface area contributed by atoms with E-state index in [-0.39, 0.29) is 18.0 Å². The Morgan fingerprint density at radius 1 is 1.24 bits per heavy atom. The number of hydrogen-bond donors (Lipinski definition) is 3. The molecule has 1 aromatic heterocycles. The van der Waals surface area contributed by atoms with Crippen molar-refractivity contribution in [2.24, 2.45) is 0 Å². The Balaban J connectivity index is 1.65. The van der Waals surface area contributed by atoms with Crippen LogP contribution in [0.3, 0.4) is 0 Å². The standard InChI is InChI=1S/C18H21N3O4/c1-18(2,25-14-7-6-11-4-3-5-12(11)8-14)16(23)19-9-13-10-20-17(24)21-15(13)22/h6-8,10H,3-5,9H2,1-2H3,(H,19,23)(H2,20,21,22,24). The lowest BCUT2D eigenvalue weighted by atomic mass is 10.1. The lowest BCUT2D eigenvalue weighted by Gasteiger charge is -2.25. The van der Waals surface area contributed by atoms with Crippen LogP contribution in [0.15, 0.2) is 34.0 Å². The molecule has 0 aliphatic heterocycles. The van der Waals surface area contributed by atoms with Crippen LogP contribution in [-0.2, 0) is 24.2 Å². The molecule has 7 nitrogen and oxygen atoms in total. The minimum atomic E-state index is -1.10. The van der Waals surface area contributed by atoms with E-state index in [0.717, 1.165) is 19.3 Å². The molecular weight excluding hydrogens is 322 g/mol. The van der Waals surface area contributed by atoms with Crippen molar-refractivity contribution in [1.82, 2.24) is 15.3 Å². The molecule has 7 heteroatoms. The fourth-order valence-corrected chi connectivity index (χ4v) is 2.91. The van der Waals surface area contributed by atoms with Gasteiger partial charge in [-0.2, -0.15) is 0 Å². The number of hydrogen-bond acceptors (Lipinski definition) is 4. The van der Waals surface area contributed by atoms with Crippen LogP contribution in [0.25, 0.3) is 0 Å². The Hall–Kier alpha value is -2.83. The summed E-state index contributed by atoms with van der Waals surface area (Å²) in [5.41, 5.74) is 0.672. The third-order valence-electron chi connectivity index (χ3n) is 4.33. The highest BCUT2D eigenvalue weighted by atomic mass is 16.5. The summed E-state index contributed by atoms with van der Waals surface area (Å²) < 4.78 is 5.87. The third kappa shape index (κ3) is 3.81. The maximum atomic E-state index is 12.4. The molecule has 1 aromatic carbocycles. The zero-order valence-corrected chi connectivity index (χ0v) is 14.3. The van der Waals surface area contributed by atoms with Crippen molar-refractivity contribution in [3.05, 3.63) is 61.9 Å². The Bertz CT molecular complexity index is 911. The molecule has 0 saturated carbocycles. The molecule has 25 heavy (non-hydrogen) atoms. The van der Waals surface area contributed by atoms with Gasteiger partial charge in [0.25, 0.3) is 11.5 Å². The van der Waals surface area contributed by atoms with E-state index >= 15 is 0 Å². The fourth-order valence-electron chi connectivity index (χ4n) is 2.91. The van der Waals surface area contributed by atoms with E-state index in [1.54, 1.807) is 13.8 Å². The molecule has 0 unspecified atom stereocenters. The molecule has 0 fully saturated rings. The van der Waals surface area contributed by atoms with Crippen molar-refractivity contribution in [3.63, 3.8) is 0 Å². The second kappa shape index (κ2) is 6.58. The summed E-state index contributed by atoms with van der Waals surface area (Å²) in [6, 6.07) is 5.92. The summed E-state index contributed by atoms with van der Waals surface area (Å²) >= 11 is 0. The van der Waals surface area contributed by atoms with Gasteiger partial charge >= 0.3 is 5.69 Å². The van der Waals surface area contributed by atoms with Crippen molar-refractivity contribution >= 4 is 5.91 Å². The molecule has 1 heterocycles. The van der Waals surface area contributed by atoms with E-state index in [1.807, 2.05) is 18.2 Å². The molecule has 3 N–H and O–H groups in total. The number of fused-ring (bicyclic) bond motifs is 1. The number of rotatable bonds is 5. The number of aromatic amines is 2. The normalized spacial score (nSPS) is 13.4. The summed E-state index contributed by atoms with van der Waals surface area (Å²) in [5, 5.41) is 2.67. The van der Waals surface area contributed by atoms with E-state index in [9.17, 15) is 14.4 Å². The Labute approximate surface area is 144 Å². The van der Waals surface area contributed by atoms with E-state index in [4.69, 9.17) is 4.74 Å². The predicted octanol–water partition coefficient (Wildman–Crippen LogP) is 1.03. The molecule has 1 amide bonds. The monoisotopic (exact) mass is 343 g/mol. The predicted molar refractivity (Wildman–Crippen MR) is 92.7 cm³/mol. The average molecular weight is 343 g/mol. The second-order valence-corrected chi connectivity index (χ2v) is 6.68. The number of H-pyrrole nitrogens is 2. The van der Waals surface area contributed by atoms with Gasteiger partial charge < -0.3 is 15.0 Å². The highest BCUT2D eigenvalue weighted by Crippen LogP contribution is 2.28. The van der Waals surface area contributed by atoms with Crippen molar-refractivity contribution in [3.8, 4) is 5.75 Å². The number of aryl methyl sites for hydroxylation is 2. The lowest BCUT2D eigenvalue weighted by molar-refractivity contribution is -0.134. The van der Waals surface area contributed by atoms with Gasteiger partial charge in [0.05, 0.1) is 5.56 Å². The van der Waals surface area contributed by atoms with Crippen LogP contribution in [0.2, 0.25) is 0 Å². The molecule has 0 atom stereocenters. The first-order valence-corrected chi connectivity index (χ1v) is 8.25. The van der Waals surface area contributed by atoms with Crippen LogP contribution in [0.1, 0.15) is 37.0 Å². The number of aromatic nitrogens is 2. The Morgan fingerprint density at radius 2 is 2.00 bits per heavy atom. The quantitative estimate of drug-likeness (QED) is 0.754. The molecule has 0 saturated heterocycles. The highest BCUT2D eigenvalue weighted by molar-refractivity contribution is 5.84. The number of amides is 1. The fraction of sp³-hybridized carbons (Fsp3) is 0.389. The summed E-state index contributed by atoms with van der Waals surface area (Å²) in [4.78, 5) is 39.6.